The van der Waals surface area contributed by atoms with E-state index in [-0.39, 0.29) is 18.4 Å². The maximum Gasteiger partial charge on any atom is 0.573 e. The van der Waals surface area contributed by atoms with Gasteiger partial charge in [-0.25, -0.2) is 4.79 Å². The molecule has 0 saturated heterocycles. The molecule has 0 fully saturated rings. The van der Waals surface area contributed by atoms with E-state index in [1.165, 1.54) is 23.1 Å². The summed E-state index contributed by atoms with van der Waals surface area (Å²) >= 11 is 0. The van der Waals surface area contributed by atoms with Gasteiger partial charge in [-0.15, -0.1) is 13.2 Å². The highest BCUT2D eigenvalue weighted by Gasteiger charge is 2.30. The van der Waals surface area contributed by atoms with Crippen molar-refractivity contribution in [3.63, 3.8) is 0 Å². The number of nitrogens with zero attached hydrogens (tertiary/aromatic N) is 1. The Morgan fingerprint density at radius 1 is 1.09 bits per heavy atom. The van der Waals surface area contributed by atoms with Gasteiger partial charge in [0.2, 0.25) is 6.79 Å². The zero-order valence-electron chi connectivity index (χ0n) is 17.1. The van der Waals surface area contributed by atoms with E-state index in [0.717, 1.165) is 23.8 Å². The summed E-state index contributed by atoms with van der Waals surface area (Å²) in [7, 11) is 0. The third-order valence-electron chi connectivity index (χ3n) is 4.41. The van der Waals surface area contributed by atoms with E-state index in [4.69, 9.17) is 14.2 Å². The second-order valence-electron chi connectivity index (χ2n) is 6.65. The number of likely N-dealkylation sites (N-methyl/N-ethyl adjacent to an activating group) is 1. The topological polar surface area (TPSA) is 74.3 Å². The first kappa shape index (κ1) is 23.0. The molecular weight excluding hydrogens is 431 g/mol. The average molecular weight is 451 g/mol. The van der Waals surface area contributed by atoms with Crippen molar-refractivity contribution in [2.45, 2.75) is 19.8 Å². The van der Waals surface area contributed by atoms with Crippen molar-refractivity contribution in [2.24, 2.45) is 0 Å². The van der Waals surface area contributed by atoms with Crippen molar-refractivity contribution in [1.82, 2.24) is 4.90 Å². The summed E-state index contributed by atoms with van der Waals surface area (Å²) in [4.78, 5) is 25.8. The largest absolute Gasteiger partial charge is 0.573 e. The summed E-state index contributed by atoms with van der Waals surface area (Å²) in [6, 6.07) is 10.3. The molecule has 1 aliphatic heterocycles. The van der Waals surface area contributed by atoms with E-state index in [1.54, 1.807) is 19.1 Å². The van der Waals surface area contributed by atoms with Crippen LogP contribution < -0.4 is 14.2 Å². The minimum atomic E-state index is -4.77. The fourth-order valence-corrected chi connectivity index (χ4v) is 2.85. The van der Waals surface area contributed by atoms with Crippen LogP contribution in [0.4, 0.5) is 13.2 Å². The Labute approximate surface area is 181 Å². The molecule has 0 aromatic heterocycles. The number of hydrogen-bond acceptors (Lipinski definition) is 6. The van der Waals surface area contributed by atoms with Crippen LogP contribution in [0, 0.1) is 0 Å². The number of carbonyl (C=O) groups excluding carboxylic acids is 2. The van der Waals surface area contributed by atoms with Crippen molar-refractivity contribution < 1.29 is 41.7 Å². The molecule has 32 heavy (non-hydrogen) atoms. The van der Waals surface area contributed by atoms with Crippen LogP contribution in [0.2, 0.25) is 0 Å². The number of benzene rings is 2. The van der Waals surface area contributed by atoms with Crippen LogP contribution in [0.3, 0.4) is 0 Å². The van der Waals surface area contributed by atoms with Gasteiger partial charge in [0, 0.05) is 19.2 Å². The van der Waals surface area contributed by atoms with E-state index in [0.29, 0.717) is 30.2 Å². The molecule has 170 valence electrons. The molecule has 1 heterocycles. The second kappa shape index (κ2) is 10.1. The lowest BCUT2D eigenvalue weighted by Gasteiger charge is -2.20. The summed E-state index contributed by atoms with van der Waals surface area (Å²) in [5, 5.41) is 0. The van der Waals surface area contributed by atoms with E-state index in [2.05, 4.69) is 4.74 Å². The molecule has 7 nitrogen and oxygen atoms in total. The summed E-state index contributed by atoms with van der Waals surface area (Å²) < 4.78 is 55.8. The summed E-state index contributed by atoms with van der Waals surface area (Å²) in [5.41, 5.74) is 1.30. The molecule has 10 heteroatoms. The Bertz CT molecular complexity index is 988. The minimum Gasteiger partial charge on any atom is -0.454 e. The van der Waals surface area contributed by atoms with E-state index >= 15 is 0 Å². The van der Waals surface area contributed by atoms with Gasteiger partial charge >= 0.3 is 12.3 Å². The fraction of sp³-hybridized carbons (Fsp3) is 0.273. The van der Waals surface area contributed by atoms with Gasteiger partial charge in [0.15, 0.2) is 18.1 Å². The molecule has 1 aliphatic rings. The molecule has 0 radical (unpaired) electrons. The van der Waals surface area contributed by atoms with E-state index in [9.17, 15) is 22.8 Å². The highest BCUT2D eigenvalue weighted by Crippen LogP contribution is 2.32. The molecular formula is C22H20F3NO6. The molecule has 0 spiro atoms. The Morgan fingerprint density at radius 3 is 2.50 bits per heavy atom. The van der Waals surface area contributed by atoms with Crippen molar-refractivity contribution in [2.75, 3.05) is 19.9 Å². The summed E-state index contributed by atoms with van der Waals surface area (Å²) in [6.45, 7) is 2.24. The van der Waals surface area contributed by atoms with Crippen LogP contribution >= 0.6 is 0 Å². The van der Waals surface area contributed by atoms with Crippen LogP contribution in [-0.2, 0) is 20.9 Å². The normalized spacial score (nSPS) is 12.6. The average Bonchev–Trinajstić information content (AvgIpc) is 3.22. The van der Waals surface area contributed by atoms with Crippen molar-refractivity contribution in [3.8, 4) is 17.2 Å². The Kier molecular flexibility index (Phi) is 7.24. The second-order valence-corrected chi connectivity index (χ2v) is 6.65. The number of rotatable bonds is 8. The first-order chi connectivity index (χ1) is 15.2. The van der Waals surface area contributed by atoms with Crippen LogP contribution in [0.25, 0.3) is 6.08 Å². The third kappa shape index (κ3) is 6.66. The fourth-order valence-electron chi connectivity index (χ4n) is 2.85. The molecule has 0 aliphatic carbocycles. The Hall–Kier alpha value is -3.69. The summed E-state index contributed by atoms with van der Waals surface area (Å²) in [5.74, 6) is -0.245. The number of halogens is 3. The maximum absolute atomic E-state index is 12.4. The predicted molar refractivity (Wildman–Crippen MR) is 107 cm³/mol. The number of esters is 1. The standard InChI is InChI=1S/C22H20F3NO6/c1-2-26(12-16-5-9-18-19(11-16)31-14-30-18)20(27)13-29-21(28)10-6-15-3-7-17(8-4-15)32-22(23,24)25/h3-11H,2,12-14H2,1H3/b10-6+. The molecule has 3 rings (SSSR count). The molecule has 0 saturated carbocycles. The van der Waals surface area contributed by atoms with Gasteiger partial charge in [-0.05, 0) is 48.4 Å². The lowest BCUT2D eigenvalue weighted by Crippen LogP contribution is -2.33. The van der Waals surface area contributed by atoms with Gasteiger partial charge in [0.1, 0.15) is 5.75 Å². The number of ether oxygens (including phenoxy) is 4. The quantitative estimate of drug-likeness (QED) is 0.448. The zero-order chi connectivity index (χ0) is 23.1. The van der Waals surface area contributed by atoms with Crippen molar-refractivity contribution in [1.29, 1.82) is 0 Å². The SMILES string of the molecule is CCN(Cc1ccc2c(c1)OCO2)C(=O)COC(=O)/C=C/c1ccc(OC(F)(F)F)cc1. The first-order valence-electron chi connectivity index (χ1n) is 9.60. The van der Waals surface area contributed by atoms with Crippen molar-refractivity contribution >= 4 is 18.0 Å². The zero-order valence-corrected chi connectivity index (χ0v) is 17.1. The molecule has 2 aromatic carbocycles. The van der Waals surface area contributed by atoms with Gasteiger partial charge in [-0.3, -0.25) is 4.79 Å². The van der Waals surface area contributed by atoms with Crippen LogP contribution in [0.15, 0.2) is 48.5 Å². The maximum atomic E-state index is 12.4. The smallest absolute Gasteiger partial charge is 0.454 e. The highest BCUT2D eigenvalue weighted by molar-refractivity contribution is 5.89. The van der Waals surface area contributed by atoms with E-state index in [1.807, 2.05) is 6.07 Å². The van der Waals surface area contributed by atoms with Crippen molar-refractivity contribution in [3.05, 3.63) is 59.7 Å². The van der Waals surface area contributed by atoms with Gasteiger partial charge in [-0.2, -0.15) is 0 Å². The molecule has 0 unspecified atom stereocenters. The number of fused-ring (bicyclic) bond motifs is 1. The van der Waals surface area contributed by atoms with Gasteiger partial charge in [0.25, 0.3) is 5.91 Å². The molecule has 0 atom stereocenters. The lowest BCUT2D eigenvalue weighted by molar-refractivity contribution is -0.274. The Balaban J connectivity index is 1.48. The van der Waals surface area contributed by atoms with Gasteiger partial charge in [-0.1, -0.05) is 18.2 Å². The monoisotopic (exact) mass is 451 g/mol. The number of carbonyl (C=O) groups is 2. The van der Waals surface area contributed by atoms with E-state index < -0.39 is 18.9 Å². The van der Waals surface area contributed by atoms with Crippen LogP contribution in [0.5, 0.6) is 17.2 Å². The molecule has 2 aromatic rings. The number of alkyl halides is 3. The summed E-state index contributed by atoms with van der Waals surface area (Å²) in [6.07, 6.45) is -2.34. The van der Waals surface area contributed by atoms with Crippen LogP contribution in [-0.4, -0.2) is 43.1 Å². The highest BCUT2D eigenvalue weighted by atomic mass is 19.4. The van der Waals surface area contributed by atoms with Gasteiger partial charge in [0.05, 0.1) is 0 Å². The molecule has 0 N–H and O–H groups in total. The Morgan fingerprint density at radius 2 is 1.81 bits per heavy atom. The first-order valence-corrected chi connectivity index (χ1v) is 9.60. The minimum absolute atomic E-state index is 0.157. The predicted octanol–water partition coefficient (Wildman–Crippen LogP) is 3.92. The molecule has 0 bridgehead atoms. The number of amides is 1. The van der Waals surface area contributed by atoms with Gasteiger partial charge < -0.3 is 23.8 Å². The third-order valence-corrected chi connectivity index (χ3v) is 4.41. The lowest BCUT2D eigenvalue weighted by atomic mass is 10.2. The van der Waals surface area contributed by atoms with Crippen LogP contribution in [0.1, 0.15) is 18.1 Å². The molecule has 1 amide bonds. The number of hydrogen-bond donors (Lipinski definition) is 0.